The van der Waals surface area contributed by atoms with E-state index in [0.717, 1.165) is 6.07 Å². The topological polar surface area (TPSA) is 54.4 Å². The van der Waals surface area contributed by atoms with Gasteiger partial charge in [-0.2, -0.15) is 0 Å². The molecule has 0 saturated heterocycles. The molecule has 0 aliphatic carbocycles. The lowest BCUT2D eigenvalue weighted by Crippen LogP contribution is -2.03. The van der Waals surface area contributed by atoms with Crippen LogP contribution in [0, 0.1) is 5.82 Å². The highest BCUT2D eigenvalue weighted by molar-refractivity contribution is 7.84. The Morgan fingerprint density at radius 1 is 1.16 bits per heavy atom. The van der Waals surface area contributed by atoms with Crippen molar-refractivity contribution in [1.82, 2.24) is 0 Å². The van der Waals surface area contributed by atoms with Crippen molar-refractivity contribution >= 4 is 16.8 Å². The Morgan fingerprint density at radius 3 is 2.47 bits per heavy atom. The van der Waals surface area contributed by atoms with E-state index in [4.69, 9.17) is 5.11 Å². The van der Waals surface area contributed by atoms with Crippen LogP contribution in [-0.4, -0.2) is 15.3 Å². The summed E-state index contributed by atoms with van der Waals surface area (Å²) in [5, 5.41) is 8.85. The molecule has 3 nitrogen and oxygen atoms in total. The number of halogens is 1. The van der Waals surface area contributed by atoms with E-state index in [2.05, 4.69) is 0 Å². The number of benzene rings is 2. The summed E-state index contributed by atoms with van der Waals surface area (Å²) in [6.07, 6.45) is 0. The standard InChI is InChI=1S/C14H11FO3S/c15-13-7-6-10(14(16)17)8-11(13)9-19(18)12-4-2-1-3-5-12/h1-8H,9H2,(H,16,17). The predicted molar refractivity (Wildman–Crippen MR) is 69.9 cm³/mol. The minimum atomic E-state index is -1.40. The summed E-state index contributed by atoms with van der Waals surface area (Å²) in [6.45, 7) is 0. The fraction of sp³-hybridized carbons (Fsp3) is 0.0714. The number of carbonyl (C=O) groups is 1. The average molecular weight is 278 g/mol. The van der Waals surface area contributed by atoms with E-state index in [9.17, 15) is 13.4 Å². The van der Waals surface area contributed by atoms with E-state index in [1.807, 2.05) is 0 Å². The molecule has 0 aliphatic heterocycles. The van der Waals surface area contributed by atoms with Crippen LogP contribution >= 0.6 is 0 Å². The normalized spacial score (nSPS) is 12.1. The highest BCUT2D eigenvalue weighted by Crippen LogP contribution is 2.16. The molecule has 1 atom stereocenters. The Bertz CT molecular complexity index is 626. The second-order valence-electron chi connectivity index (χ2n) is 3.91. The molecule has 1 unspecified atom stereocenters. The number of aromatic carboxylic acids is 1. The van der Waals surface area contributed by atoms with Gasteiger partial charge in [0.2, 0.25) is 0 Å². The van der Waals surface area contributed by atoms with Crippen LogP contribution in [0.4, 0.5) is 4.39 Å². The third-order valence-corrected chi connectivity index (χ3v) is 3.96. The number of carboxylic acids is 1. The maximum Gasteiger partial charge on any atom is 0.335 e. The van der Waals surface area contributed by atoms with Gasteiger partial charge in [0.05, 0.1) is 22.1 Å². The van der Waals surface area contributed by atoms with E-state index < -0.39 is 22.6 Å². The van der Waals surface area contributed by atoms with Crippen molar-refractivity contribution in [2.45, 2.75) is 10.6 Å². The number of rotatable bonds is 4. The molecule has 2 rings (SSSR count). The Balaban J connectivity index is 2.26. The molecule has 19 heavy (non-hydrogen) atoms. The van der Waals surface area contributed by atoms with Crippen molar-refractivity contribution in [3.63, 3.8) is 0 Å². The van der Waals surface area contributed by atoms with Gasteiger partial charge < -0.3 is 5.11 Å². The van der Waals surface area contributed by atoms with Crippen molar-refractivity contribution in [2.75, 3.05) is 0 Å². The SMILES string of the molecule is O=C(O)c1ccc(F)c(CS(=O)c2ccccc2)c1. The van der Waals surface area contributed by atoms with Crippen LogP contribution < -0.4 is 0 Å². The summed E-state index contributed by atoms with van der Waals surface area (Å²) in [7, 11) is -1.40. The zero-order valence-corrected chi connectivity index (χ0v) is 10.7. The second-order valence-corrected chi connectivity index (χ2v) is 5.37. The molecule has 0 radical (unpaired) electrons. The number of hydrogen-bond donors (Lipinski definition) is 1. The predicted octanol–water partition coefficient (Wildman–Crippen LogP) is 2.83. The number of hydrogen-bond acceptors (Lipinski definition) is 2. The van der Waals surface area contributed by atoms with E-state index in [-0.39, 0.29) is 16.9 Å². The van der Waals surface area contributed by atoms with Crippen LogP contribution in [0.1, 0.15) is 15.9 Å². The first-order valence-corrected chi connectivity index (χ1v) is 6.85. The first kappa shape index (κ1) is 13.4. The van der Waals surface area contributed by atoms with Crippen LogP contribution in [0.2, 0.25) is 0 Å². The van der Waals surface area contributed by atoms with E-state index in [1.54, 1.807) is 30.3 Å². The van der Waals surface area contributed by atoms with Gasteiger partial charge in [-0.3, -0.25) is 4.21 Å². The zero-order chi connectivity index (χ0) is 13.8. The Hall–Kier alpha value is -2.01. The van der Waals surface area contributed by atoms with Crippen molar-refractivity contribution in [2.24, 2.45) is 0 Å². The van der Waals surface area contributed by atoms with Crippen LogP contribution in [0.25, 0.3) is 0 Å². The lowest BCUT2D eigenvalue weighted by Gasteiger charge is -2.05. The summed E-state index contributed by atoms with van der Waals surface area (Å²) in [6, 6.07) is 12.2. The zero-order valence-electron chi connectivity index (χ0n) is 9.88. The molecule has 2 aromatic carbocycles. The van der Waals surface area contributed by atoms with Crippen LogP contribution in [-0.2, 0) is 16.6 Å². The molecule has 0 bridgehead atoms. The van der Waals surface area contributed by atoms with Gasteiger partial charge in [-0.05, 0) is 30.3 Å². The molecule has 0 spiro atoms. The van der Waals surface area contributed by atoms with E-state index in [1.165, 1.54) is 12.1 Å². The van der Waals surface area contributed by atoms with Gasteiger partial charge in [0.25, 0.3) is 0 Å². The fourth-order valence-corrected chi connectivity index (χ4v) is 2.75. The maximum atomic E-state index is 13.6. The van der Waals surface area contributed by atoms with E-state index in [0.29, 0.717) is 4.90 Å². The number of carboxylic acid groups (broad SMARTS) is 1. The molecular formula is C14H11FO3S. The largest absolute Gasteiger partial charge is 0.478 e. The minimum absolute atomic E-state index is 0.0125. The smallest absolute Gasteiger partial charge is 0.335 e. The van der Waals surface area contributed by atoms with Crippen LogP contribution in [0.5, 0.6) is 0 Å². The van der Waals surface area contributed by atoms with Gasteiger partial charge in [-0.25, -0.2) is 9.18 Å². The van der Waals surface area contributed by atoms with Crippen molar-refractivity contribution < 1.29 is 18.5 Å². The maximum absolute atomic E-state index is 13.6. The third-order valence-electron chi connectivity index (χ3n) is 2.59. The third kappa shape index (κ3) is 3.26. The second kappa shape index (κ2) is 5.75. The minimum Gasteiger partial charge on any atom is -0.478 e. The van der Waals surface area contributed by atoms with Crippen molar-refractivity contribution in [3.05, 3.63) is 65.5 Å². The lowest BCUT2D eigenvalue weighted by molar-refractivity contribution is 0.0696. The monoisotopic (exact) mass is 278 g/mol. The van der Waals surface area contributed by atoms with Crippen LogP contribution in [0.15, 0.2) is 53.4 Å². The first-order valence-electron chi connectivity index (χ1n) is 5.53. The molecule has 0 amide bonds. The Kier molecular flexibility index (Phi) is 4.06. The first-order chi connectivity index (χ1) is 9.08. The molecule has 1 N–H and O–H groups in total. The van der Waals surface area contributed by atoms with Crippen molar-refractivity contribution in [1.29, 1.82) is 0 Å². The molecule has 0 heterocycles. The van der Waals surface area contributed by atoms with Gasteiger partial charge >= 0.3 is 5.97 Å². The molecule has 0 saturated carbocycles. The van der Waals surface area contributed by atoms with E-state index >= 15 is 0 Å². The van der Waals surface area contributed by atoms with Crippen LogP contribution in [0.3, 0.4) is 0 Å². The molecule has 0 aliphatic rings. The van der Waals surface area contributed by atoms with Gasteiger partial charge in [0.1, 0.15) is 5.82 Å². The summed E-state index contributed by atoms with van der Waals surface area (Å²) < 4.78 is 25.6. The summed E-state index contributed by atoms with van der Waals surface area (Å²) in [4.78, 5) is 11.4. The highest BCUT2D eigenvalue weighted by Gasteiger charge is 2.12. The Morgan fingerprint density at radius 2 is 1.84 bits per heavy atom. The van der Waals surface area contributed by atoms with Gasteiger partial charge in [0, 0.05) is 10.5 Å². The molecule has 5 heteroatoms. The average Bonchev–Trinajstić information content (AvgIpc) is 2.42. The summed E-state index contributed by atoms with van der Waals surface area (Å²) in [5.41, 5.74) is 0.128. The molecular weight excluding hydrogens is 267 g/mol. The van der Waals surface area contributed by atoms with Gasteiger partial charge in [-0.1, -0.05) is 18.2 Å². The lowest BCUT2D eigenvalue weighted by atomic mass is 10.1. The Labute approximate surface area is 112 Å². The highest BCUT2D eigenvalue weighted by atomic mass is 32.2. The molecule has 2 aromatic rings. The quantitative estimate of drug-likeness (QED) is 0.935. The van der Waals surface area contributed by atoms with Crippen molar-refractivity contribution in [3.8, 4) is 0 Å². The van der Waals surface area contributed by atoms with Gasteiger partial charge in [0.15, 0.2) is 0 Å². The molecule has 0 aromatic heterocycles. The van der Waals surface area contributed by atoms with Gasteiger partial charge in [-0.15, -0.1) is 0 Å². The summed E-state index contributed by atoms with van der Waals surface area (Å²) >= 11 is 0. The molecule has 98 valence electrons. The fourth-order valence-electron chi connectivity index (χ4n) is 1.62. The summed E-state index contributed by atoms with van der Waals surface area (Å²) in [5.74, 6) is -1.72. The molecule has 0 fully saturated rings.